The van der Waals surface area contributed by atoms with Crippen molar-refractivity contribution in [2.45, 2.75) is 13.4 Å². The molecule has 5 nitrogen and oxygen atoms in total. The van der Waals surface area contributed by atoms with Gasteiger partial charge in [-0.2, -0.15) is 0 Å². The molecule has 1 rings (SSSR count). The highest BCUT2D eigenvalue weighted by molar-refractivity contribution is 6.45. The standard InChI is InChI=1S/C12H18BNO4/c1-13(17)14(7-8-15)9-12(16)18-10-11-5-3-2-4-6-11/h2-6,15,17H,7-10H2,1H3. The van der Waals surface area contributed by atoms with E-state index < -0.39 is 13.0 Å². The van der Waals surface area contributed by atoms with E-state index in [0.29, 0.717) is 0 Å². The van der Waals surface area contributed by atoms with Gasteiger partial charge in [-0.05, 0) is 12.4 Å². The van der Waals surface area contributed by atoms with Gasteiger partial charge < -0.3 is 19.7 Å². The second-order valence-corrected chi connectivity index (χ2v) is 3.97. The van der Waals surface area contributed by atoms with Crippen LogP contribution in [0, 0.1) is 0 Å². The fourth-order valence-electron chi connectivity index (χ4n) is 1.48. The topological polar surface area (TPSA) is 70.0 Å². The summed E-state index contributed by atoms with van der Waals surface area (Å²) >= 11 is 0. The molecule has 0 fully saturated rings. The molecule has 0 heterocycles. The number of hydrogen-bond acceptors (Lipinski definition) is 5. The minimum Gasteiger partial charge on any atom is -0.460 e. The van der Waals surface area contributed by atoms with Crippen molar-refractivity contribution >= 4 is 13.0 Å². The molecule has 98 valence electrons. The predicted molar refractivity (Wildman–Crippen MR) is 68.7 cm³/mol. The van der Waals surface area contributed by atoms with E-state index in [1.54, 1.807) is 6.82 Å². The molecule has 0 unspecified atom stereocenters. The molecule has 18 heavy (non-hydrogen) atoms. The second-order valence-electron chi connectivity index (χ2n) is 3.97. The Hall–Kier alpha value is -1.37. The number of carbonyl (C=O) groups is 1. The third-order valence-corrected chi connectivity index (χ3v) is 2.49. The minimum absolute atomic E-state index is 0.0366. The van der Waals surface area contributed by atoms with Gasteiger partial charge in [0.05, 0.1) is 13.2 Å². The van der Waals surface area contributed by atoms with Gasteiger partial charge in [0.1, 0.15) is 6.61 Å². The maximum Gasteiger partial charge on any atom is 0.376 e. The average molecular weight is 251 g/mol. The van der Waals surface area contributed by atoms with Gasteiger partial charge in [-0.25, -0.2) is 0 Å². The van der Waals surface area contributed by atoms with Gasteiger partial charge in [0.25, 0.3) is 0 Å². The zero-order valence-corrected chi connectivity index (χ0v) is 10.5. The summed E-state index contributed by atoms with van der Waals surface area (Å²) in [5.74, 6) is -0.423. The lowest BCUT2D eigenvalue weighted by Crippen LogP contribution is -2.42. The van der Waals surface area contributed by atoms with Gasteiger partial charge in [-0.3, -0.25) is 4.79 Å². The first-order valence-electron chi connectivity index (χ1n) is 5.86. The highest BCUT2D eigenvalue weighted by Gasteiger charge is 2.19. The van der Waals surface area contributed by atoms with E-state index in [9.17, 15) is 9.82 Å². The summed E-state index contributed by atoms with van der Waals surface area (Å²) in [5, 5.41) is 18.2. The Morgan fingerprint density at radius 1 is 1.39 bits per heavy atom. The Morgan fingerprint density at radius 2 is 2.06 bits per heavy atom. The Kier molecular flexibility index (Phi) is 6.42. The minimum atomic E-state index is -0.790. The lowest BCUT2D eigenvalue weighted by atomic mass is 9.85. The number of carbonyl (C=O) groups excluding carboxylic acids is 1. The van der Waals surface area contributed by atoms with Crippen LogP contribution in [0.3, 0.4) is 0 Å². The van der Waals surface area contributed by atoms with E-state index in [1.165, 1.54) is 4.81 Å². The monoisotopic (exact) mass is 251 g/mol. The number of benzene rings is 1. The van der Waals surface area contributed by atoms with Crippen LogP contribution in [0.25, 0.3) is 0 Å². The number of aliphatic hydroxyl groups excluding tert-OH is 1. The van der Waals surface area contributed by atoms with Crippen LogP contribution < -0.4 is 0 Å². The van der Waals surface area contributed by atoms with Crippen LogP contribution >= 0.6 is 0 Å². The van der Waals surface area contributed by atoms with Gasteiger partial charge in [-0.1, -0.05) is 30.3 Å². The summed E-state index contributed by atoms with van der Waals surface area (Å²) in [5.41, 5.74) is 0.914. The average Bonchev–Trinajstić information content (AvgIpc) is 2.37. The number of ether oxygens (including phenoxy) is 1. The lowest BCUT2D eigenvalue weighted by molar-refractivity contribution is -0.145. The number of esters is 1. The van der Waals surface area contributed by atoms with Crippen LogP contribution in [0.5, 0.6) is 0 Å². The summed E-state index contributed by atoms with van der Waals surface area (Å²) in [6.45, 7) is 1.84. The number of rotatable bonds is 7. The van der Waals surface area contributed by atoms with Crippen LogP contribution in [0.4, 0.5) is 0 Å². The summed E-state index contributed by atoms with van der Waals surface area (Å²) in [6, 6.07) is 9.37. The summed E-state index contributed by atoms with van der Waals surface area (Å²) in [4.78, 5) is 13.0. The highest BCUT2D eigenvalue weighted by atomic mass is 16.5. The maximum atomic E-state index is 11.5. The maximum absolute atomic E-state index is 11.5. The molecule has 0 aliphatic rings. The van der Waals surface area contributed by atoms with Crippen molar-refractivity contribution in [3.8, 4) is 0 Å². The molecule has 0 aromatic heterocycles. The zero-order chi connectivity index (χ0) is 13.4. The van der Waals surface area contributed by atoms with Crippen LogP contribution in [-0.4, -0.2) is 47.7 Å². The van der Waals surface area contributed by atoms with Crippen molar-refractivity contribution in [3.63, 3.8) is 0 Å². The molecule has 0 amide bonds. The highest BCUT2D eigenvalue weighted by Crippen LogP contribution is 2.01. The first-order valence-corrected chi connectivity index (χ1v) is 5.86. The van der Waals surface area contributed by atoms with Crippen LogP contribution in [-0.2, 0) is 16.1 Å². The van der Waals surface area contributed by atoms with Crippen LogP contribution in [0.1, 0.15) is 5.56 Å². The van der Waals surface area contributed by atoms with E-state index in [2.05, 4.69) is 0 Å². The SMILES string of the molecule is CB(O)N(CCO)CC(=O)OCc1ccccc1. The van der Waals surface area contributed by atoms with E-state index >= 15 is 0 Å². The molecule has 2 N–H and O–H groups in total. The van der Waals surface area contributed by atoms with E-state index in [-0.39, 0.29) is 26.3 Å². The second kappa shape index (κ2) is 7.86. The van der Waals surface area contributed by atoms with Crippen molar-refractivity contribution in [1.82, 2.24) is 4.81 Å². The third kappa shape index (κ3) is 5.31. The summed E-state index contributed by atoms with van der Waals surface area (Å²) < 4.78 is 5.08. The quantitative estimate of drug-likeness (QED) is 0.532. The number of hydrogen-bond donors (Lipinski definition) is 2. The van der Waals surface area contributed by atoms with E-state index in [4.69, 9.17) is 9.84 Å². The number of aliphatic hydroxyl groups is 1. The Balaban J connectivity index is 2.36. The molecule has 0 saturated heterocycles. The molecule has 1 aromatic rings. The first kappa shape index (κ1) is 14.7. The molecule has 0 aliphatic carbocycles. The van der Waals surface area contributed by atoms with Gasteiger partial charge in [0, 0.05) is 6.54 Å². The Morgan fingerprint density at radius 3 is 2.61 bits per heavy atom. The lowest BCUT2D eigenvalue weighted by Gasteiger charge is -2.20. The van der Waals surface area contributed by atoms with Crippen molar-refractivity contribution in [3.05, 3.63) is 35.9 Å². The molecule has 0 atom stereocenters. The normalized spacial score (nSPS) is 10.4. The fraction of sp³-hybridized carbons (Fsp3) is 0.417. The molecule has 0 saturated carbocycles. The van der Waals surface area contributed by atoms with E-state index in [0.717, 1.165) is 5.56 Å². The van der Waals surface area contributed by atoms with Crippen LogP contribution in [0.2, 0.25) is 6.82 Å². The Bertz CT molecular complexity index is 358. The molecule has 0 bridgehead atoms. The fourth-order valence-corrected chi connectivity index (χ4v) is 1.48. The molecule has 6 heteroatoms. The third-order valence-electron chi connectivity index (χ3n) is 2.49. The van der Waals surface area contributed by atoms with Crippen molar-refractivity contribution in [2.75, 3.05) is 19.7 Å². The number of nitrogens with zero attached hydrogens (tertiary/aromatic N) is 1. The Labute approximate surface area is 107 Å². The molecule has 0 spiro atoms. The zero-order valence-electron chi connectivity index (χ0n) is 10.5. The molecule has 0 aliphatic heterocycles. The van der Waals surface area contributed by atoms with Crippen molar-refractivity contribution < 1.29 is 19.7 Å². The predicted octanol–water partition coefficient (Wildman–Crippen LogP) is 0.134. The molecular formula is C12H18BNO4. The molecule has 0 radical (unpaired) electrons. The summed E-state index contributed by atoms with van der Waals surface area (Å²) in [6.07, 6.45) is 0. The molecular weight excluding hydrogens is 233 g/mol. The van der Waals surface area contributed by atoms with Crippen molar-refractivity contribution in [1.29, 1.82) is 0 Å². The van der Waals surface area contributed by atoms with Gasteiger partial charge in [-0.15, -0.1) is 0 Å². The van der Waals surface area contributed by atoms with E-state index in [1.807, 2.05) is 30.3 Å². The van der Waals surface area contributed by atoms with Gasteiger partial charge >= 0.3 is 13.0 Å². The first-order chi connectivity index (χ1) is 8.63. The van der Waals surface area contributed by atoms with Crippen molar-refractivity contribution in [2.24, 2.45) is 0 Å². The van der Waals surface area contributed by atoms with Gasteiger partial charge in [0.2, 0.25) is 0 Å². The summed E-state index contributed by atoms with van der Waals surface area (Å²) in [7, 11) is -0.790. The smallest absolute Gasteiger partial charge is 0.376 e. The molecule has 1 aromatic carbocycles. The van der Waals surface area contributed by atoms with Crippen LogP contribution in [0.15, 0.2) is 30.3 Å². The largest absolute Gasteiger partial charge is 0.460 e. The van der Waals surface area contributed by atoms with Gasteiger partial charge in [0.15, 0.2) is 0 Å².